The predicted octanol–water partition coefficient (Wildman–Crippen LogP) is 7.35. The van der Waals surface area contributed by atoms with Crippen molar-refractivity contribution in [1.29, 1.82) is 0 Å². The molecule has 6 rings (SSSR count). The van der Waals surface area contributed by atoms with E-state index in [-0.39, 0.29) is 5.58 Å². The predicted molar refractivity (Wildman–Crippen MR) is 150 cm³/mol. The summed E-state index contributed by atoms with van der Waals surface area (Å²) in [5, 5.41) is 14.3. The van der Waals surface area contributed by atoms with Crippen molar-refractivity contribution in [2.75, 3.05) is 17.6 Å². The second-order valence-corrected chi connectivity index (χ2v) is 11.4. The number of nitrogens with zero attached hydrogens (tertiary/aromatic N) is 5. The lowest BCUT2D eigenvalue weighted by Gasteiger charge is -2.14. The number of hydrogen-bond acceptors (Lipinski definition) is 7. The number of aryl methyl sites for hydroxylation is 2. The van der Waals surface area contributed by atoms with Gasteiger partial charge in [-0.25, -0.2) is 4.98 Å². The molecule has 1 unspecified atom stereocenters. The zero-order valence-electron chi connectivity index (χ0n) is 22.5. The van der Waals surface area contributed by atoms with Gasteiger partial charge < -0.3 is 14.3 Å². The molecule has 208 valence electrons. The van der Waals surface area contributed by atoms with Crippen LogP contribution in [0.25, 0.3) is 33.4 Å². The maximum atomic E-state index is 13.1. The van der Waals surface area contributed by atoms with E-state index >= 15 is 0 Å². The Morgan fingerprint density at radius 3 is 2.80 bits per heavy atom. The molecule has 1 N–H and O–H groups in total. The first-order valence-corrected chi connectivity index (χ1v) is 14.3. The fourth-order valence-corrected chi connectivity index (χ4v) is 6.35. The van der Waals surface area contributed by atoms with Crippen LogP contribution in [0.15, 0.2) is 46.0 Å². The molecule has 0 aliphatic carbocycles. The summed E-state index contributed by atoms with van der Waals surface area (Å²) < 4.78 is 46.4. The van der Waals surface area contributed by atoms with Gasteiger partial charge >= 0.3 is 12.1 Å². The van der Waals surface area contributed by atoms with Gasteiger partial charge in [-0.2, -0.15) is 13.2 Å². The molecule has 0 saturated heterocycles. The summed E-state index contributed by atoms with van der Waals surface area (Å²) in [5.74, 6) is 1.00. The highest BCUT2D eigenvalue weighted by Gasteiger charge is 2.38. The Labute approximate surface area is 233 Å². The van der Waals surface area contributed by atoms with Gasteiger partial charge in [-0.1, -0.05) is 30.0 Å². The van der Waals surface area contributed by atoms with Crippen molar-refractivity contribution in [3.05, 3.63) is 59.1 Å². The highest BCUT2D eigenvalue weighted by Crippen LogP contribution is 2.37. The Morgan fingerprint density at radius 2 is 1.98 bits per heavy atom. The van der Waals surface area contributed by atoms with Crippen LogP contribution >= 0.6 is 11.8 Å². The molecule has 1 aliphatic rings. The summed E-state index contributed by atoms with van der Waals surface area (Å²) in [6, 6.07) is 11.8. The maximum Gasteiger partial charge on any atom is 0.468 e. The van der Waals surface area contributed by atoms with Gasteiger partial charge in [-0.15, -0.1) is 10.2 Å². The molecule has 5 aromatic rings. The van der Waals surface area contributed by atoms with E-state index in [1.54, 1.807) is 17.8 Å². The number of aromatic nitrogens is 5. The van der Waals surface area contributed by atoms with Crippen LogP contribution in [0.4, 0.5) is 18.9 Å². The number of nitrogens with one attached hydrogen (secondary N) is 1. The van der Waals surface area contributed by atoms with Gasteiger partial charge in [0.1, 0.15) is 5.52 Å². The molecule has 0 amide bonds. The Kier molecular flexibility index (Phi) is 6.93. The Bertz CT molecular complexity index is 1710. The van der Waals surface area contributed by atoms with E-state index in [0.717, 1.165) is 87.9 Å². The van der Waals surface area contributed by atoms with E-state index in [0.29, 0.717) is 11.4 Å². The number of oxazole rings is 1. The van der Waals surface area contributed by atoms with Gasteiger partial charge in [0.05, 0.1) is 5.52 Å². The monoisotopic (exact) mass is 566 g/mol. The number of anilines is 1. The quantitative estimate of drug-likeness (QED) is 0.170. The van der Waals surface area contributed by atoms with Crippen molar-refractivity contribution in [1.82, 2.24) is 24.7 Å². The normalized spacial score (nSPS) is 15.8. The van der Waals surface area contributed by atoms with Gasteiger partial charge in [0.15, 0.2) is 16.6 Å². The summed E-state index contributed by atoms with van der Waals surface area (Å²) in [6.45, 7) is 4.58. The van der Waals surface area contributed by atoms with Crippen molar-refractivity contribution in [2.45, 2.75) is 50.9 Å². The minimum absolute atomic E-state index is 0.170. The number of hydrogen-bond donors (Lipinski definition) is 1. The van der Waals surface area contributed by atoms with Crippen molar-refractivity contribution < 1.29 is 17.6 Å². The molecule has 0 fully saturated rings. The SMILES string of the molecule is Cc1ccc2c(-c3nnc(SCCCC4CCc5c(cc6oc(C(F)(F)F)nc6c5C)NC4)n3C)cccc2n1. The smallest absolute Gasteiger partial charge is 0.433 e. The first kappa shape index (κ1) is 26.6. The Balaban J connectivity index is 1.07. The van der Waals surface area contributed by atoms with Gasteiger partial charge in [0.25, 0.3) is 0 Å². The molecular formula is C29H29F3N6OS. The first-order valence-electron chi connectivity index (χ1n) is 13.3. The highest BCUT2D eigenvalue weighted by molar-refractivity contribution is 7.99. The Hall–Kier alpha value is -3.60. The molecular weight excluding hydrogens is 537 g/mol. The molecule has 11 heteroatoms. The molecule has 7 nitrogen and oxygen atoms in total. The second kappa shape index (κ2) is 10.4. The summed E-state index contributed by atoms with van der Waals surface area (Å²) in [7, 11) is 2.00. The number of benzene rings is 2. The minimum atomic E-state index is -4.60. The molecule has 0 saturated carbocycles. The number of halogens is 3. The minimum Gasteiger partial charge on any atom is -0.433 e. The third kappa shape index (κ3) is 5.02. The number of rotatable bonds is 6. The zero-order chi connectivity index (χ0) is 28.0. The molecule has 40 heavy (non-hydrogen) atoms. The van der Waals surface area contributed by atoms with Gasteiger partial charge in [-0.3, -0.25) is 4.98 Å². The van der Waals surface area contributed by atoms with Crippen molar-refractivity contribution >= 4 is 39.5 Å². The standard InChI is InChI=1S/C29H29F3N6OS/c1-16-9-11-20-21(7-4-8-22(20)34-16)26-36-37-28(38(26)3)40-13-5-6-18-10-12-19-17(2)25-24(14-23(19)33-15-18)39-27(35-25)29(30,31)32/h4,7-9,11,14,18,33H,5-6,10,12-13,15H2,1-3H3. The average Bonchev–Trinajstić information content (AvgIpc) is 3.45. The fourth-order valence-electron chi connectivity index (χ4n) is 5.48. The molecule has 4 heterocycles. The number of fused-ring (bicyclic) bond motifs is 3. The largest absolute Gasteiger partial charge is 0.468 e. The zero-order valence-corrected chi connectivity index (χ0v) is 23.3. The first-order chi connectivity index (χ1) is 19.2. The molecule has 2 aromatic carbocycles. The van der Waals surface area contributed by atoms with E-state index in [2.05, 4.69) is 37.6 Å². The van der Waals surface area contributed by atoms with Gasteiger partial charge in [-0.05, 0) is 68.7 Å². The van der Waals surface area contributed by atoms with Crippen LogP contribution in [0.5, 0.6) is 0 Å². The van der Waals surface area contributed by atoms with E-state index in [1.807, 2.05) is 43.7 Å². The lowest BCUT2D eigenvalue weighted by atomic mass is 9.95. The van der Waals surface area contributed by atoms with Gasteiger partial charge in [0, 0.05) is 47.7 Å². The van der Waals surface area contributed by atoms with Crippen LogP contribution in [-0.2, 0) is 19.6 Å². The van der Waals surface area contributed by atoms with Crippen LogP contribution in [0.3, 0.4) is 0 Å². The second-order valence-electron chi connectivity index (χ2n) is 10.4. The van der Waals surface area contributed by atoms with Gasteiger partial charge in [0.2, 0.25) is 0 Å². The lowest BCUT2D eigenvalue weighted by Crippen LogP contribution is -2.12. The summed E-state index contributed by atoms with van der Waals surface area (Å²) in [6.07, 6.45) is -0.784. The molecule has 3 aromatic heterocycles. The van der Waals surface area contributed by atoms with E-state index < -0.39 is 12.1 Å². The van der Waals surface area contributed by atoms with E-state index in [1.165, 1.54) is 0 Å². The van der Waals surface area contributed by atoms with Crippen molar-refractivity contribution in [3.63, 3.8) is 0 Å². The third-order valence-electron chi connectivity index (χ3n) is 7.62. The molecule has 0 radical (unpaired) electrons. The van der Waals surface area contributed by atoms with Crippen molar-refractivity contribution in [2.24, 2.45) is 13.0 Å². The van der Waals surface area contributed by atoms with E-state index in [4.69, 9.17) is 4.42 Å². The summed E-state index contributed by atoms with van der Waals surface area (Å²) in [5.41, 5.74) is 6.03. The number of alkyl halides is 3. The fraction of sp³-hybridized carbons (Fsp3) is 0.379. The topological polar surface area (TPSA) is 81.7 Å². The average molecular weight is 567 g/mol. The number of pyridine rings is 1. The molecule has 1 aliphatic heterocycles. The molecule has 1 atom stereocenters. The summed E-state index contributed by atoms with van der Waals surface area (Å²) >= 11 is 1.70. The molecule has 0 spiro atoms. The number of thioether (sulfide) groups is 1. The van der Waals surface area contributed by atoms with Crippen LogP contribution in [0.1, 0.15) is 42.0 Å². The van der Waals surface area contributed by atoms with Crippen LogP contribution < -0.4 is 5.32 Å². The maximum absolute atomic E-state index is 13.1. The van der Waals surface area contributed by atoms with Crippen LogP contribution in [0.2, 0.25) is 0 Å². The summed E-state index contributed by atoms with van der Waals surface area (Å²) in [4.78, 5) is 8.37. The van der Waals surface area contributed by atoms with Crippen molar-refractivity contribution in [3.8, 4) is 11.4 Å². The Morgan fingerprint density at radius 1 is 1.12 bits per heavy atom. The lowest BCUT2D eigenvalue weighted by molar-refractivity contribution is -0.156. The van der Waals surface area contributed by atoms with Crippen LogP contribution in [0, 0.1) is 19.8 Å². The molecule has 0 bridgehead atoms. The highest BCUT2D eigenvalue weighted by atomic mass is 32.2. The van der Waals surface area contributed by atoms with Crippen LogP contribution in [-0.4, -0.2) is 37.0 Å². The third-order valence-corrected chi connectivity index (χ3v) is 8.73. The van der Waals surface area contributed by atoms with E-state index in [9.17, 15) is 13.2 Å².